The summed E-state index contributed by atoms with van der Waals surface area (Å²) >= 11 is 0. The minimum Gasteiger partial charge on any atom is -0.378 e. The number of nitrogens with one attached hydrogen (secondary N) is 1. The Bertz CT molecular complexity index is 569. The second kappa shape index (κ2) is 6.71. The van der Waals surface area contributed by atoms with Crippen molar-refractivity contribution in [2.75, 3.05) is 13.2 Å². The van der Waals surface area contributed by atoms with Crippen molar-refractivity contribution >= 4 is 11.9 Å². The van der Waals surface area contributed by atoms with Crippen LogP contribution in [0, 0.1) is 0 Å². The van der Waals surface area contributed by atoms with E-state index in [0.29, 0.717) is 13.0 Å². The van der Waals surface area contributed by atoms with E-state index in [-0.39, 0.29) is 18.0 Å². The van der Waals surface area contributed by atoms with Gasteiger partial charge in [-0.3, -0.25) is 9.69 Å². The molecule has 0 bridgehead atoms. The number of amides is 3. The minimum atomic E-state index is -0.802. The van der Waals surface area contributed by atoms with Crippen molar-refractivity contribution in [3.8, 4) is 0 Å². The molecule has 0 aliphatic carbocycles. The molecule has 0 aromatic heterocycles. The second-order valence-corrected chi connectivity index (χ2v) is 6.63. The molecule has 5 nitrogen and oxygen atoms in total. The van der Waals surface area contributed by atoms with E-state index in [1.165, 1.54) is 10.5 Å². The smallest absolute Gasteiger partial charge is 0.325 e. The Morgan fingerprint density at radius 3 is 2.78 bits per heavy atom. The number of nitrogens with zero attached hydrogens (tertiary/aromatic N) is 1. The standard InChI is InChI=1S/C18H24N2O3/c1-18(11-9-14-6-3-2-4-7-14)16(21)20(17(22)19-18)12-10-15-8-5-13-23-15/h2-4,6-7,15H,5,8-13H2,1H3,(H,19,22)/t15-,18+/m0/s1. The monoisotopic (exact) mass is 316 g/mol. The first-order valence-corrected chi connectivity index (χ1v) is 8.38. The maximum absolute atomic E-state index is 12.7. The molecule has 124 valence electrons. The Hall–Kier alpha value is -1.88. The molecule has 23 heavy (non-hydrogen) atoms. The van der Waals surface area contributed by atoms with E-state index < -0.39 is 5.54 Å². The van der Waals surface area contributed by atoms with Crippen LogP contribution in [0.25, 0.3) is 0 Å². The molecule has 0 unspecified atom stereocenters. The first kappa shape index (κ1) is 16.0. The summed E-state index contributed by atoms with van der Waals surface area (Å²) in [6, 6.07) is 9.75. The highest BCUT2D eigenvalue weighted by molar-refractivity contribution is 6.06. The molecule has 5 heteroatoms. The van der Waals surface area contributed by atoms with Gasteiger partial charge in [-0.15, -0.1) is 0 Å². The first-order valence-electron chi connectivity index (χ1n) is 8.38. The van der Waals surface area contributed by atoms with Gasteiger partial charge in [0.15, 0.2) is 0 Å². The van der Waals surface area contributed by atoms with Gasteiger partial charge >= 0.3 is 6.03 Å². The third kappa shape index (κ3) is 3.55. The SMILES string of the molecule is C[C@]1(CCc2ccccc2)NC(=O)N(CC[C@@H]2CCCO2)C1=O. The van der Waals surface area contributed by atoms with E-state index in [1.807, 2.05) is 37.3 Å². The number of rotatable bonds is 6. The molecule has 2 heterocycles. The Balaban J connectivity index is 1.57. The molecule has 0 saturated carbocycles. The van der Waals surface area contributed by atoms with Gasteiger partial charge in [0.2, 0.25) is 0 Å². The normalized spacial score (nSPS) is 27.5. The summed E-state index contributed by atoms with van der Waals surface area (Å²) in [7, 11) is 0. The molecule has 1 N–H and O–H groups in total. The predicted octanol–water partition coefficient (Wildman–Crippen LogP) is 2.50. The highest BCUT2D eigenvalue weighted by atomic mass is 16.5. The summed E-state index contributed by atoms with van der Waals surface area (Å²) in [5.41, 5.74) is 0.372. The average molecular weight is 316 g/mol. The molecule has 2 aliphatic rings. The lowest BCUT2D eigenvalue weighted by Crippen LogP contribution is -2.44. The highest BCUT2D eigenvalue weighted by Gasteiger charge is 2.47. The van der Waals surface area contributed by atoms with Crippen molar-refractivity contribution < 1.29 is 14.3 Å². The maximum atomic E-state index is 12.7. The third-order valence-corrected chi connectivity index (χ3v) is 4.80. The lowest BCUT2D eigenvalue weighted by molar-refractivity contribution is -0.131. The molecule has 0 radical (unpaired) electrons. The van der Waals surface area contributed by atoms with Crippen molar-refractivity contribution in [2.45, 2.75) is 50.7 Å². The van der Waals surface area contributed by atoms with Gasteiger partial charge in [-0.25, -0.2) is 4.79 Å². The first-order chi connectivity index (χ1) is 11.1. The Labute approximate surface area is 137 Å². The highest BCUT2D eigenvalue weighted by Crippen LogP contribution is 2.24. The van der Waals surface area contributed by atoms with Crippen LogP contribution in [0.2, 0.25) is 0 Å². The van der Waals surface area contributed by atoms with E-state index in [9.17, 15) is 9.59 Å². The molecule has 2 aliphatic heterocycles. The Morgan fingerprint density at radius 1 is 1.30 bits per heavy atom. The largest absolute Gasteiger partial charge is 0.378 e. The minimum absolute atomic E-state index is 0.114. The van der Waals surface area contributed by atoms with Gasteiger partial charge in [0.25, 0.3) is 5.91 Å². The van der Waals surface area contributed by atoms with Crippen molar-refractivity contribution in [1.82, 2.24) is 10.2 Å². The van der Waals surface area contributed by atoms with Crippen LogP contribution in [-0.4, -0.2) is 41.6 Å². The molecule has 3 amide bonds. The third-order valence-electron chi connectivity index (χ3n) is 4.80. The van der Waals surface area contributed by atoms with Crippen LogP contribution in [0.3, 0.4) is 0 Å². The zero-order chi connectivity index (χ0) is 16.3. The quantitative estimate of drug-likeness (QED) is 0.820. The van der Waals surface area contributed by atoms with Crippen molar-refractivity contribution in [1.29, 1.82) is 0 Å². The number of hydrogen-bond donors (Lipinski definition) is 1. The summed E-state index contributed by atoms with van der Waals surface area (Å²) in [4.78, 5) is 26.2. The Morgan fingerprint density at radius 2 is 2.09 bits per heavy atom. The lowest BCUT2D eigenvalue weighted by Gasteiger charge is -2.22. The summed E-state index contributed by atoms with van der Waals surface area (Å²) < 4.78 is 5.57. The molecular formula is C18H24N2O3. The summed E-state index contributed by atoms with van der Waals surface area (Å²) in [5.74, 6) is -0.114. The van der Waals surface area contributed by atoms with Crippen molar-refractivity contribution in [3.63, 3.8) is 0 Å². The van der Waals surface area contributed by atoms with Crippen LogP contribution in [0.4, 0.5) is 4.79 Å². The van der Waals surface area contributed by atoms with Gasteiger partial charge in [0.1, 0.15) is 5.54 Å². The Kier molecular flexibility index (Phi) is 4.66. The molecule has 2 atom stereocenters. The fraction of sp³-hybridized carbons (Fsp3) is 0.556. The van der Waals surface area contributed by atoms with Crippen LogP contribution in [0.15, 0.2) is 30.3 Å². The zero-order valence-electron chi connectivity index (χ0n) is 13.6. The van der Waals surface area contributed by atoms with Gasteiger partial charge in [-0.2, -0.15) is 0 Å². The van der Waals surface area contributed by atoms with Crippen molar-refractivity contribution in [2.24, 2.45) is 0 Å². The van der Waals surface area contributed by atoms with E-state index in [4.69, 9.17) is 4.74 Å². The van der Waals surface area contributed by atoms with E-state index >= 15 is 0 Å². The summed E-state index contributed by atoms with van der Waals surface area (Å²) in [5, 5.41) is 2.87. The average Bonchev–Trinajstić information content (AvgIpc) is 3.13. The van der Waals surface area contributed by atoms with Crippen LogP contribution in [-0.2, 0) is 16.0 Å². The molecule has 2 fully saturated rings. The van der Waals surface area contributed by atoms with Crippen molar-refractivity contribution in [3.05, 3.63) is 35.9 Å². The van der Waals surface area contributed by atoms with Gasteiger partial charge in [-0.1, -0.05) is 30.3 Å². The fourth-order valence-electron chi connectivity index (χ4n) is 3.30. The predicted molar refractivity (Wildman–Crippen MR) is 87.0 cm³/mol. The summed E-state index contributed by atoms with van der Waals surface area (Å²) in [6.45, 7) is 3.05. The van der Waals surface area contributed by atoms with Gasteiger partial charge in [-0.05, 0) is 44.6 Å². The number of aryl methyl sites for hydroxylation is 1. The fourth-order valence-corrected chi connectivity index (χ4v) is 3.30. The van der Waals surface area contributed by atoms with E-state index in [1.54, 1.807) is 0 Å². The van der Waals surface area contributed by atoms with Gasteiger partial charge in [0, 0.05) is 13.2 Å². The van der Waals surface area contributed by atoms with Gasteiger partial charge in [0.05, 0.1) is 6.10 Å². The molecule has 1 aromatic carbocycles. The second-order valence-electron chi connectivity index (χ2n) is 6.63. The van der Waals surface area contributed by atoms with Crippen LogP contribution in [0.1, 0.15) is 38.2 Å². The maximum Gasteiger partial charge on any atom is 0.325 e. The molecule has 3 rings (SSSR count). The molecule has 0 spiro atoms. The number of carbonyl (C=O) groups is 2. The number of hydrogen-bond acceptors (Lipinski definition) is 3. The molecule has 1 aromatic rings. The number of urea groups is 1. The van der Waals surface area contributed by atoms with Crippen LogP contribution < -0.4 is 5.32 Å². The van der Waals surface area contributed by atoms with Gasteiger partial charge < -0.3 is 10.1 Å². The molecular weight excluding hydrogens is 292 g/mol. The number of benzene rings is 1. The number of carbonyl (C=O) groups excluding carboxylic acids is 2. The topological polar surface area (TPSA) is 58.6 Å². The van der Waals surface area contributed by atoms with E-state index in [0.717, 1.165) is 32.3 Å². The summed E-state index contributed by atoms with van der Waals surface area (Å²) in [6.07, 6.45) is 4.38. The number of imide groups is 1. The van der Waals surface area contributed by atoms with E-state index in [2.05, 4.69) is 5.32 Å². The number of ether oxygens (including phenoxy) is 1. The van der Waals surface area contributed by atoms with Crippen LogP contribution in [0.5, 0.6) is 0 Å². The zero-order valence-corrected chi connectivity index (χ0v) is 13.6. The van der Waals surface area contributed by atoms with Crippen LogP contribution >= 0.6 is 0 Å². The molecule has 2 saturated heterocycles. The lowest BCUT2D eigenvalue weighted by atomic mass is 9.93.